The summed E-state index contributed by atoms with van der Waals surface area (Å²) in [5, 5.41) is 31.1. The normalized spacial score (nSPS) is 20.9. The van der Waals surface area contributed by atoms with Crippen LogP contribution in [0.3, 0.4) is 0 Å². The summed E-state index contributed by atoms with van der Waals surface area (Å²) < 4.78 is 3.74. The van der Waals surface area contributed by atoms with Gasteiger partial charge in [-0.15, -0.1) is 0 Å². The summed E-state index contributed by atoms with van der Waals surface area (Å²) in [4.78, 5) is 9.78. The first-order valence-electron chi connectivity index (χ1n) is 22.6. The third kappa shape index (κ3) is 8.91. The van der Waals surface area contributed by atoms with E-state index in [2.05, 4.69) is 150 Å². The third-order valence-electron chi connectivity index (χ3n) is 13.7. The van der Waals surface area contributed by atoms with Gasteiger partial charge in [-0.3, -0.25) is 0 Å². The average Bonchev–Trinajstić information content (AvgIpc) is 3.31. The first kappa shape index (κ1) is 47.7. The molecular formula is C58H46Br4Cl2N2O2. The third-order valence-corrected chi connectivity index (χ3v) is 17.2. The molecule has 1 heterocycles. The molecule has 1 aromatic heterocycles. The number of nitrogens with zero attached hydrogens (tertiary/aromatic N) is 2. The van der Waals surface area contributed by atoms with Gasteiger partial charge in [0.05, 0.1) is 10.2 Å². The molecule has 4 atom stereocenters. The zero-order valence-electron chi connectivity index (χ0n) is 37.5. The lowest BCUT2D eigenvalue weighted by atomic mass is 9.71. The lowest BCUT2D eigenvalue weighted by Gasteiger charge is -2.38. The van der Waals surface area contributed by atoms with Crippen LogP contribution in [0.15, 0.2) is 170 Å². The smallest absolute Gasteiger partial charge is 0.133 e. The second-order valence-electron chi connectivity index (χ2n) is 19.2. The summed E-state index contributed by atoms with van der Waals surface area (Å²) in [6.07, 6.45) is 8.01. The first-order valence-corrected chi connectivity index (χ1v) is 26.5. The van der Waals surface area contributed by atoms with Crippen molar-refractivity contribution in [3.63, 3.8) is 0 Å². The fourth-order valence-corrected chi connectivity index (χ4v) is 13.6. The van der Waals surface area contributed by atoms with Crippen LogP contribution >= 0.6 is 86.9 Å². The molecule has 10 rings (SSSR count). The summed E-state index contributed by atoms with van der Waals surface area (Å²) in [6.45, 7) is 6.33. The van der Waals surface area contributed by atoms with Gasteiger partial charge < -0.3 is 10.2 Å². The summed E-state index contributed by atoms with van der Waals surface area (Å²) in [7, 11) is 0. The first-order chi connectivity index (χ1) is 32.5. The zero-order valence-corrected chi connectivity index (χ0v) is 45.3. The molecule has 2 aliphatic rings. The Morgan fingerprint density at radius 2 is 1.10 bits per heavy atom. The van der Waals surface area contributed by atoms with E-state index in [9.17, 15) is 10.2 Å². The lowest BCUT2D eigenvalue weighted by molar-refractivity contribution is 0.0664. The van der Waals surface area contributed by atoms with Crippen LogP contribution in [0.1, 0.15) is 97.6 Å². The van der Waals surface area contributed by atoms with E-state index in [0.717, 1.165) is 89.9 Å². The highest BCUT2D eigenvalue weighted by molar-refractivity contribution is 9.11. The fraction of sp³-hybridized carbons (Fsp3) is 0.207. The van der Waals surface area contributed by atoms with Gasteiger partial charge in [-0.25, -0.2) is 9.97 Å². The van der Waals surface area contributed by atoms with Crippen molar-refractivity contribution in [1.29, 1.82) is 0 Å². The van der Waals surface area contributed by atoms with Gasteiger partial charge in [0.2, 0.25) is 0 Å². The Balaban J connectivity index is 1.08. The van der Waals surface area contributed by atoms with E-state index in [-0.39, 0.29) is 17.3 Å². The minimum Gasteiger partial charge on any atom is -0.381 e. The van der Waals surface area contributed by atoms with Gasteiger partial charge >= 0.3 is 0 Å². The van der Waals surface area contributed by atoms with Crippen LogP contribution in [-0.4, -0.2) is 20.2 Å². The number of allylic oxidation sites excluding steroid dienone is 2. The van der Waals surface area contributed by atoms with E-state index in [4.69, 9.17) is 28.2 Å². The molecule has 2 aliphatic carbocycles. The summed E-state index contributed by atoms with van der Waals surface area (Å²) in [5.41, 5.74) is 6.33. The highest BCUT2D eigenvalue weighted by atomic mass is 79.9. The average molecular weight is 1190 g/mol. The molecule has 4 unspecified atom stereocenters. The Morgan fingerprint density at radius 1 is 0.559 bits per heavy atom. The lowest BCUT2D eigenvalue weighted by Crippen LogP contribution is -2.31. The maximum absolute atomic E-state index is 13.0. The Kier molecular flexibility index (Phi) is 13.1. The molecular weight excluding hydrogens is 1150 g/mol. The van der Waals surface area contributed by atoms with Gasteiger partial charge in [-0.05, 0) is 166 Å². The molecule has 0 saturated carbocycles. The van der Waals surface area contributed by atoms with Crippen molar-refractivity contribution in [2.75, 3.05) is 0 Å². The molecule has 10 heteroatoms. The van der Waals surface area contributed by atoms with E-state index >= 15 is 0 Å². The van der Waals surface area contributed by atoms with Crippen LogP contribution in [0.4, 0.5) is 0 Å². The minimum atomic E-state index is -1.41. The molecule has 4 nitrogen and oxygen atoms in total. The largest absolute Gasteiger partial charge is 0.381 e. The molecule has 0 amide bonds. The minimum absolute atomic E-state index is 0.0954. The zero-order chi connectivity index (χ0) is 47.7. The number of hydrogen-bond donors (Lipinski definition) is 2. The van der Waals surface area contributed by atoms with E-state index < -0.39 is 11.2 Å². The number of halogens is 6. The Hall–Kier alpha value is -3.96. The number of benzene rings is 7. The van der Waals surface area contributed by atoms with Crippen molar-refractivity contribution < 1.29 is 10.2 Å². The maximum atomic E-state index is 13.0. The van der Waals surface area contributed by atoms with Gasteiger partial charge in [0.1, 0.15) is 17.0 Å². The van der Waals surface area contributed by atoms with Crippen molar-refractivity contribution >= 4 is 120 Å². The number of aromatic nitrogens is 2. The Labute approximate surface area is 441 Å². The number of aliphatic hydroxyl groups is 2. The molecule has 0 aliphatic heterocycles. The maximum Gasteiger partial charge on any atom is 0.133 e. The van der Waals surface area contributed by atoms with E-state index in [1.54, 1.807) is 0 Å². The molecule has 7 aromatic carbocycles. The standard InChI is InChI=1S/C58H46Br4Cl2N2O2/c1-56(2,3)55-65-32-49(61)54(66-55)38-25-36(40-13-7-10-18-48(40)60)29-58(68,31-38)46-23-21-34(27-51(46)64)33-20-22-42-44(26-33)41-14-4-5-15-43(41)53(62)52(42)37-24-35(39-12-6-9-17-47(39)59)28-57(67,30-37)45-16-8-11-19-50(45)63/h4-23,26-29,32,37-38,67-68H,24-25,30-31H2,1-3H3. The Morgan fingerprint density at radius 3 is 1.74 bits per heavy atom. The van der Waals surface area contributed by atoms with Gasteiger partial charge in [0.15, 0.2) is 0 Å². The molecule has 8 aromatic rings. The van der Waals surface area contributed by atoms with Crippen molar-refractivity contribution in [2.45, 2.75) is 74.9 Å². The second-order valence-corrected chi connectivity index (χ2v) is 23.4. The SMILES string of the molecule is CC(C)(C)c1ncc(Br)c(C2CC(c3ccccc3Br)=CC(O)(c3ccc(-c4ccc5c(C6CC(c7ccccc7Br)=CC(O)(c7ccccc7Cl)C6)c(Br)c6ccccc6c5c4)cc3Cl)C2)n1. The van der Waals surface area contributed by atoms with Crippen molar-refractivity contribution in [3.8, 4) is 11.1 Å². The number of rotatable bonds is 7. The quantitative estimate of drug-likeness (QED) is 0.156. The predicted molar refractivity (Wildman–Crippen MR) is 295 cm³/mol. The molecule has 0 bridgehead atoms. The Bertz CT molecular complexity index is 3380. The summed E-state index contributed by atoms with van der Waals surface area (Å²) >= 11 is 29.8. The summed E-state index contributed by atoms with van der Waals surface area (Å²) in [6, 6.07) is 45.0. The van der Waals surface area contributed by atoms with E-state index in [1.807, 2.05) is 91.1 Å². The van der Waals surface area contributed by atoms with Gasteiger partial charge in [0.25, 0.3) is 0 Å². The monoisotopic (exact) mass is 1190 g/mol. The molecule has 0 spiro atoms. The van der Waals surface area contributed by atoms with E-state index in [1.165, 1.54) is 0 Å². The van der Waals surface area contributed by atoms with Crippen molar-refractivity contribution in [1.82, 2.24) is 9.97 Å². The predicted octanol–water partition coefficient (Wildman–Crippen LogP) is 17.8. The van der Waals surface area contributed by atoms with E-state index in [0.29, 0.717) is 46.9 Å². The highest BCUT2D eigenvalue weighted by Crippen LogP contribution is 2.54. The molecule has 68 heavy (non-hydrogen) atoms. The second kappa shape index (κ2) is 18.7. The number of fused-ring (bicyclic) bond motifs is 3. The summed E-state index contributed by atoms with van der Waals surface area (Å²) in [5.74, 6) is 0.511. The molecule has 0 fully saturated rings. The molecule has 342 valence electrons. The van der Waals surface area contributed by atoms with Crippen molar-refractivity contribution in [2.24, 2.45) is 0 Å². The van der Waals surface area contributed by atoms with Crippen LogP contribution in [0.2, 0.25) is 10.0 Å². The number of hydrogen-bond acceptors (Lipinski definition) is 4. The van der Waals surface area contributed by atoms with Crippen LogP contribution < -0.4 is 0 Å². The van der Waals surface area contributed by atoms with Crippen LogP contribution in [0.5, 0.6) is 0 Å². The molecule has 0 radical (unpaired) electrons. The highest BCUT2D eigenvalue weighted by Gasteiger charge is 2.41. The van der Waals surface area contributed by atoms with Crippen LogP contribution in [0.25, 0.3) is 43.8 Å². The van der Waals surface area contributed by atoms with Crippen LogP contribution in [0, 0.1) is 0 Å². The molecule has 2 N–H and O–H groups in total. The van der Waals surface area contributed by atoms with Gasteiger partial charge in [-0.2, -0.15) is 0 Å². The fourth-order valence-electron chi connectivity index (χ4n) is 10.5. The van der Waals surface area contributed by atoms with Crippen molar-refractivity contribution in [3.05, 3.63) is 219 Å². The van der Waals surface area contributed by atoms with Gasteiger partial charge in [0, 0.05) is 52.1 Å². The molecule has 0 saturated heterocycles. The van der Waals surface area contributed by atoms with Crippen LogP contribution in [-0.2, 0) is 16.6 Å². The van der Waals surface area contributed by atoms with Gasteiger partial charge in [-0.1, -0.05) is 179 Å². The topological polar surface area (TPSA) is 66.2 Å².